The van der Waals surface area contributed by atoms with Gasteiger partial charge in [0, 0.05) is 0 Å². The molecule has 46 valence electrons. The lowest BCUT2D eigenvalue weighted by molar-refractivity contribution is 0.219. The molecule has 2 atom stereocenters. The minimum Gasteiger partial charge on any atom is -0.605 e. The molecule has 0 bridgehead atoms. The van der Waals surface area contributed by atoms with Gasteiger partial charge in [0.25, 0.3) is 0 Å². The van der Waals surface area contributed by atoms with E-state index in [1.165, 1.54) is 0 Å². The van der Waals surface area contributed by atoms with Gasteiger partial charge in [-0.15, -0.1) is 0 Å². The Labute approximate surface area is 49.1 Å². The Morgan fingerprint density at radius 3 is 2.62 bits per heavy atom. The molecule has 0 spiro atoms. The van der Waals surface area contributed by atoms with Gasteiger partial charge in [0.05, 0.1) is 17.7 Å². The van der Waals surface area contributed by atoms with Crippen LogP contribution in [0.25, 0.3) is 0 Å². The number of carboxylic acid groups (broad SMARTS) is 1. The highest BCUT2D eigenvalue weighted by Gasteiger charge is 2.39. The maximum Gasteiger partial charge on any atom is 0.522 e. The van der Waals surface area contributed by atoms with Crippen molar-refractivity contribution in [1.29, 1.82) is 0 Å². The van der Waals surface area contributed by atoms with Crippen LogP contribution < -0.4 is 5.32 Å². The van der Waals surface area contributed by atoms with Crippen molar-refractivity contribution in [2.75, 3.05) is 6.54 Å². The monoisotopic (exact) mass is 135 g/mol. The standard InChI is InChI=1S/C3H5NO3S/c5-3(6)8(7)2-1-4-2/h2,4H,1H2,(H,5,6). The maximum absolute atomic E-state index is 10.4. The minimum atomic E-state index is -1.71. The first-order valence-electron chi connectivity index (χ1n) is 2.08. The quantitative estimate of drug-likeness (QED) is 0.369. The van der Waals surface area contributed by atoms with E-state index in [2.05, 4.69) is 5.32 Å². The third-order valence-electron chi connectivity index (χ3n) is 0.801. The van der Waals surface area contributed by atoms with Gasteiger partial charge in [-0.25, -0.2) is 0 Å². The van der Waals surface area contributed by atoms with Crippen LogP contribution in [0, 0.1) is 0 Å². The molecule has 1 heterocycles. The minimum absolute atomic E-state index is 0.285. The zero-order valence-corrected chi connectivity index (χ0v) is 4.77. The average molecular weight is 135 g/mol. The molecular formula is C3H5NO3S. The van der Waals surface area contributed by atoms with Crippen molar-refractivity contribution < 1.29 is 14.5 Å². The van der Waals surface area contributed by atoms with Crippen molar-refractivity contribution in [2.45, 2.75) is 5.37 Å². The van der Waals surface area contributed by atoms with Crippen LogP contribution in [0.15, 0.2) is 0 Å². The fourth-order valence-electron chi connectivity index (χ4n) is 0.321. The molecule has 1 rings (SSSR count). The van der Waals surface area contributed by atoms with Crippen molar-refractivity contribution in [3.05, 3.63) is 0 Å². The molecule has 1 fully saturated rings. The summed E-state index contributed by atoms with van der Waals surface area (Å²) < 4.78 is 10.4. The molecule has 0 radical (unpaired) electrons. The van der Waals surface area contributed by atoms with E-state index in [4.69, 9.17) is 5.11 Å². The fraction of sp³-hybridized carbons (Fsp3) is 0.667. The lowest BCUT2D eigenvalue weighted by Gasteiger charge is -1.97. The molecule has 0 amide bonds. The molecule has 0 aromatic heterocycles. The second-order valence-corrected chi connectivity index (χ2v) is 2.97. The zero-order valence-electron chi connectivity index (χ0n) is 3.96. The third kappa shape index (κ3) is 1.12. The van der Waals surface area contributed by atoms with Gasteiger partial charge in [-0.3, -0.25) is 5.32 Å². The van der Waals surface area contributed by atoms with Crippen LogP contribution in [-0.4, -0.2) is 26.9 Å². The molecule has 2 unspecified atom stereocenters. The number of hydrogen-bond donors (Lipinski definition) is 2. The van der Waals surface area contributed by atoms with E-state index < -0.39 is 16.5 Å². The number of carbonyl (C=O) groups is 1. The first kappa shape index (κ1) is 5.87. The predicted octanol–water partition coefficient (Wildman–Crippen LogP) is -0.658. The average Bonchev–Trinajstić information content (AvgIpc) is 2.43. The SMILES string of the molecule is O=C(O)[S+]([O-])C1CN1. The van der Waals surface area contributed by atoms with Crippen molar-refractivity contribution >= 4 is 16.5 Å². The van der Waals surface area contributed by atoms with Gasteiger partial charge in [-0.1, -0.05) is 0 Å². The van der Waals surface area contributed by atoms with E-state index in [1.807, 2.05) is 0 Å². The Morgan fingerprint density at radius 1 is 2.00 bits per heavy atom. The highest BCUT2D eigenvalue weighted by Crippen LogP contribution is 2.08. The van der Waals surface area contributed by atoms with Crippen LogP contribution >= 0.6 is 0 Å². The summed E-state index contributed by atoms with van der Waals surface area (Å²) in [4.78, 5) is 9.84. The van der Waals surface area contributed by atoms with Crippen LogP contribution in [0.3, 0.4) is 0 Å². The van der Waals surface area contributed by atoms with E-state index in [1.54, 1.807) is 0 Å². The van der Waals surface area contributed by atoms with E-state index in [9.17, 15) is 9.35 Å². The van der Waals surface area contributed by atoms with Crippen LogP contribution in [0.4, 0.5) is 4.79 Å². The van der Waals surface area contributed by atoms with E-state index >= 15 is 0 Å². The Bertz CT molecular complexity index is 113. The molecule has 0 aromatic carbocycles. The summed E-state index contributed by atoms with van der Waals surface area (Å²) >= 11 is -1.71. The van der Waals surface area contributed by atoms with Crippen molar-refractivity contribution in [3.8, 4) is 0 Å². The number of nitrogens with one attached hydrogen (secondary N) is 1. The molecular weight excluding hydrogens is 130 g/mol. The van der Waals surface area contributed by atoms with Gasteiger partial charge in [0.2, 0.25) is 0 Å². The highest BCUT2D eigenvalue weighted by molar-refractivity contribution is 8.06. The Kier molecular flexibility index (Phi) is 1.41. The first-order chi connectivity index (χ1) is 3.72. The third-order valence-corrected chi connectivity index (χ3v) is 2.00. The molecule has 5 heteroatoms. The van der Waals surface area contributed by atoms with Crippen molar-refractivity contribution in [1.82, 2.24) is 5.32 Å². The summed E-state index contributed by atoms with van der Waals surface area (Å²) in [6, 6.07) is 0. The van der Waals surface area contributed by atoms with Crippen LogP contribution in [0.5, 0.6) is 0 Å². The number of rotatable bonds is 1. The van der Waals surface area contributed by atoms with Gasteiger partial charge < -0.3 is 9.66 Å². The van der Waals surface area contributed by atoms with Crippen molar-refractivity contribution in [2.24, 2.45) is 0 Å². The summed E-state index contributed by atoms with van der Waals surface area (Å²) in [5.41, 5.74) is 0. The predicted molar refractivity (Wildman–Crippen MR) is 28.0 cm³/mol. The molecule has 1 saturated heterocycles. The summed E-state index contributed by atoms with van der Waals surface area (Å²) in [5, 5.41) is 9.17. The van der Waals surface area contributed by atoms with Crippen LogP contribution in [0.2, 0.25) is 0 Å². The molecule has 8 heavy (non-hydrogen) atoms. The molecule has 1 aliphatic heterocycles. The van der Waals surface area contributed by atoms with Crippen LogP contribution in [0.1, 0.15) is 0 Å². The molecule has 4 nitrogen and oxygen atoms in total. The molecule has 2 N–H and O–H groups in total. The summed E-state index contributed by atoms with van der Waals surface area (Å²) in [6.07, 6.45) is 0. The van der Waals surface area contributed by atoms with Gasteiger partial charge in [0.1, 0.15) is 0 Å². The topological polar surface area (TPSA) is 82.3 Å². The smallest absolute Gasteiger partial charge is 0.522 e. The molecule has 0 saturated carbocycles. The Balaban J connectivity index is 2.32. The van der Waals surface area contributed by atoms with Gasteiger partial charge in [-0.05, 0) is 0 Å². The first-order valence-corrected chi connectivity index (χ1v) is 3.30. The lowest BCUT2D eigenvalue weighted by Crippen LogP contribution is -2.19. The second kappa shape index (κ2) is 1.93. The second-order valence-electron chi connectivity index (χ2n) is 1.46. The van der Waals surface area contributed by atoms with E-state index in [0.717, 1.165) is 0 Å². The molecule has 0 aromatic rings. The Morgan fingerprint density at radius 2 is 2.50 bits per heavy atom. The zero-order chi connectivity index (χ0) is 6.15. The lowest BCUT2D eigenvalue weighted by atomic mass is 11.0. The maximum atomic E-state index is 10.4. The largest absolute Gasteiger partial charge is 0.605 e. The van der Waals surface area contributed by atoms with Gasteiger partial charge in [-0.2, -0.15) is 4.79 Å². The van der Waals surface area contributed by atoms with E-state index in [-0.39, 0.29) is 5.37 Å². The highest BCUT2D eigenvalue weighted by atomic mass is 32.2. The number of hydrogen-bond acceptors (Lipinski definition) is 3. The summed E-state index contributed by atoms with van der Waals surface area (Å²) in [5.74, 6) is 0. The van der Waals surface area contributed by atoms with Crippen LogP contribution in [-0.2, 0) is 11.2 Å². The van der Waals surface area contributed by atoms with Gasteiger partial charge in [0.15, 0.2) is 5.37 Å². The van der Waals surface area contributed by atoms with E-state index in [0.29, 0.717) is 6.54 Å². The summed E-state index contributed by atoms with van der Waals surface area (Å²) in [6.45, 7) is 0.568. The fourth-order valence-corrected chi connectivity index (χ4v) is 0.964. The van der Waals surface area contributed by atoms with Gasteiger partial charge >= 0.3 is 5.30 Å². The Hall–Kier alpha value is -0.260. The normalized spacial score (nSPS) is 29.4. The summed E-state index contributed by atoms with van der Waals surface area (Å²) in [7, 11) is 0. The van der Waals surface area contributed by atoms with Crippen molar-refractivity contribution in [3.63, 3.8) is 0 Å². The molecule has 0 aliphatic carbocycles. The molecule has 1 aliphatic rings.